The lowest BCUT2D eigenvalue weighted by atomic mass is 9.96. The zero-order chi connectivity index (χ0) is 26.6. The zero-order valence-corrected chi connectivity index (χ0v) is 23.1. The van der Waals surface area contributed by atoms with Crippen molar-refractivity contribution in [2.45, 2.75) is 63.2 Å². The minimum Gasteiger partial charge on any atom is -0.483 e. The third-order valence-corrected chi connectivity index (χ3v) is 8.69. The first-order chi connectivity index (χ1) is 18.4. The van der Waals surface area contributed by atoms with Gasteiger partial charge in [-0.25, -0.2) is 0 Å². The lowest BCUT2D eigenvalue weighted by molar-refractivity contribution is -0.124. The van der Waals surface area contributed by atoms with Gasteiger partial charge in [0, 0.05) is 47.8 Å². The average molecular weight is 560 g/mol. The minimum atomic E-state index is -0.171. The predicted octanol–water partition coefficient (Wildman–Crippen LogP) is 4.49. The Morgan fingerprint density at radius 1 is 1.00 bits per heavy atom. The number of hydrogen-bond acceptors (Lipinski definition) is 5. The average Bonchev–Trinajstić information content (AvgIpc) is 3.15. The Hall–Kier alpha value is -2.32. The van der Waals surface area contributed by atoms with Crippen LogP contribution < -0.4 is 15.8 Å². The molecule has 0 radical (unpaired) electrons. The van der Waals surface area contributed by atoms with E-state index < -0.39 is 0 Å². The number of nitrogens with two attached hydrogens (primary N) is 1. The second-order valence-electron chi connectivity index (χ2n) is 10.8. The van der Waals surface area contributed by atoms with Gasteiger partial charge in [0.1, 0.15) is 5.75 Å². The molecule has 3 saturated heterocycles. The molecule has 5 rings (SSSR count). The van der Waals surface area contributed by atoms with Gasteiger partial charge in [0.2, 0.25) is 0 Å². The topological polar surface area (TPSA) is 87.9 Å². The van der Waals surface area contributed by atoms with Crippen LogP contribution in [-0.4, -0.2) is 66.0 Å². The van der Waals surface area contributed by atoms with E-state index in [0.29, 0.717) is 54.0 Å². The van der Waals surface area contributed by atoms with Gasteiger partial charge in [-0.15, -0.1) is 0 Å². The van der Waals surface area contributed by atoms with Crippen LogP contribution in [0.2, 0.25) is 10.0 Å². The van der Waals surface area contributed by atoms with Gasteiger partial charge >= 0.3 is 0 Å². The van der Waals surface area contributed by atoms with Crippen molar-refractivity contribution in [1.29, 1.82) is 0 Å². The van der Waals surface area contributed by atoms with E-state index in [2.05, 4.69) is 22.3 Å². The highest BCUT2D eigenvalue weighted by Crippen LogP contribution is 2.37. The standard InChI is InChI=1S/C29H36Cl2N4O3/c30-21-5-3-19(4-6-21)17-35-24-8-9-25(35)14-23(13-24)33-28(36)18-38-27-10-7-22(31)12-26(27)29(37)34-11-1-2-20(15-32)16-34/h3-7,10,12,20,23-25H,1-2,8-9,11,13-18,32H2,(H,33,36)/t20?,23-,24+,25-. The minimum absolute atomic E-state index is 0.123. The van der Waals surface area contributed by atoms with Gasteiger partial charge in [0.25, 0.3) is 11.8 Å². The van der Waals surface area contributed by atoms with Gasteiger partial charge in [0.05, 0.1) is 5.56 Å². The fourth-order valence-electron chi connectivity index (χ4n) is 6.27. The van der Waals surface area contributed by atoms with E-state index in [1.54, 1.807) is 18.2 Å². The molecule has 204 valence electrons. The third kappa shape index (κ3) is 6.45. The molecular formula is C29H36Cl2N4O3. The van der Waals surface area contributed by atoms with Crippen LogP contribution in [0.4, 0.5) is 0 Å². The summed E-state index contributed by atoms with van der Waals surface area (Å²) >= 11 is 12.3. The van der Waals surface area contributed by atoms with E-state index in [1.807, 2.05) is 17.0 Å². The van der Waals surface area contributed by atoms with Gasteiger partial charge in [0.15, 0.2) is 6.61 Å². The number of amides is 2. The maximum absolute atomic E-state index is 13.3. The van der Waals surface area contributed by atoms with Gasteiger partial charge in [-0.3, -0.25) is 14.5 Å². The molecule has 9 heteroatoms. The molecule has 3 fully saturated rings. The molecule has 3 aliphatic rings. The van der Waals surface area contributed by atoms with Gasteiger partial charge in [-0.2, -0.15) is 0 Å². The molecule has 3 N–H and O–H groups in total. The molecule has 2 bridgehead atoms. The summed E-state index contributed by atoms with van der Waals surface area (Å²) < 4.78 is 5.88. The van der Waals surface area contributed by atoms with E-state index in [-0.39, 0.29) is 24.5 Å². The lowest BCUT2D eigenvalue weighted by Crippen LogP contribution is -2.50. The molecule has 3 aliphatic heterocycles. The van der Waals surface area contributed by atoms with E-state index in [0.717, 1.165) is 50.1 Å². The van der Waals surface area contributed by atoms with Crippen molar-refractivity contribution >= 4 is 35.0 Å². The molecule has 38 heavy (non-hydrogen) atoms. The van der Waals surface area contributed by atoms with Crippen LogP contribution in [0.1, 0.15) is 54.4 Å². The van der Waals surface area contributed by atoms with Crippen LogP contribution in [0.25, 0.3) is 0 Å². The highest BCUT2D eigenvalue weighted by atomic mass is 35.5. The van der Waals surface area contributed by atoms with Crippen LogP contribution in [0.15, 0.2) is 42.5 Å². The lowest BCUT2D eigenvalue weighted by Gasteiger charge is -2.39. The molecule has 1 unspecified atom stereocenters. The van der Waals surface area contributed by atoms with Crippen LogP contribution in [0, 0.1) is 5.92 Å². The second kappa shape index (κ2) is 12.2. The Balaban J connectivity index is 1.15. The number of hydrogen-bond donors (Lipinski definition) is 2. The van der Waals surface area contributed by atoms with Gasteiger partial charge < -0.3 is 20.7 Å². The number of benzene rings is 2. The summed E-state index contributed by atoms with van der Waals surface area (Å²) in [4.78, 5) is 30.5. The van der Waals surface area contributed by atoms with Crippen LogP contribution >= 0.6 is 23.2 Å². The number of halogens is 2. The Kier molecular flexibility index (Phi) is 8.78. The van der Waals surface area contributed by atoms with E-state index in [1.165, 1.54) is 5.56 Å². The molecule has 7 nitrogen and oxygen atoms in total. The third-order valence-electron chi connectivity index (χ3n) is 8.20. The summed E-state index contributed by atoms with van der Waals surface area (Å²) in [5, 5.41) is 4.38. The second-order valence-corrected chi connectivity index (χ2v) is 11.7. The fraction of sp³-hybridized carbons (Fsp3) is 0.517. The summed E-state index contributed by atoms with van der Waals surface area (Å²) in [7, 11) is 0. The summed E-state index contributed by atoms with van der Waals surface area (Å²) in [5.41, 5.74) is 7.50. The highest BCUT2D eigenvalue weighted by Gasteiger charge is 2.41. The molecule has 0 saturated carbocycles. The van der Waals surface area contributed by atoms with E-state index in [4.69, 9.17) is 33.7 Å². The number of nitrogens with one attached hydrogen (secondary N) is 1. The smallest absolute Gasteiger partial charge is 0.258 e. The van der Waals surface area contributed by atoms with Crippen molar-refractivity contribution in [3.63, 3.8) is 0 Å². The number of carbonyl (C=O) groups is 2. The van der Waals surface area contributed by atoms with Crippen molar-refractivity contribution in [2.75, 3.05) is 26.2 Å². The molecule has 2 aromatic carbocycles. The zero-order valence-electron chi connectivity index (χ0n) is 21.6. The van der Waals surface area contributed by atoms with Crippen molar-refractivity contribution in [3.05, 3.63) is 63.6 Å². The summed E-state index contributed by atoms with van der Waals surface area (Å²) in [6, 6.07) is 14.1. The Morgan fingerprint density at radius 2 is 1.71 bits per heavy atom. The predicted molar refractivity (Wildman–Crippen MR) is 150 cm³/mol. The van der Waals surface area contributed by atoms with Crippen molar-refractivity contribution in [1.82, 2.24) is 15.1 Å². The number of rotatable bonds is 8. The first-order valence-corrected chi connectivity index (χ1v) is 14.4. The SMILES string of the molecule is NCC1CCCN(C(=O)c2cc(Cl)ccc2OCC(=O)N[C@H]2C[C@H]3CC[C@@H](C2)N3Cc2ccc(Cl)cc2)C1. The quantitative estimate of drug-likeness (QED) is 0.498. The summed E-state index contributed by atoms with van der Waals surface area (Å²) in [5.74, 6) is 0.373. The molecule has 2 aromatic rings. The molecule has 0 spiro atoms. The highest BCUT2D eigenvalue weighted by molar-refractivity contribution is 6.31. The number of fused-ring (bicyclic) bond motifs is 2. The molecule has 3 heterocycles. The van der Waals surface area contributed by atoms with Gasteiger partial charge in [-0.05, 0) is 86.9 Å². The molecular weight excluding hydrogens is 523 g/mol. The molecule has 0 aromatic heterocycles. The first kappa shape index (κ1) is 27.3. The van der Waals surface area contributed by atoms with Crippen LogP contribution in [0.5, 0.6) is 5.75 Å². The normalized spacial score (nSPS) is 25.3. The number of carbonyl (C=O) groups excluding carboxylic acids is 2. The maximum Gasteiger partial charge on any atom is 0.258 e. The van der Waals surface area contributed by atoms with Gasteiger partial charge in [-0.1, -0.05) is 35.3 Å². The van der Waals surface area contributed by atoms with Crippen molar-refractivity contribution in [3.8, 4) is 5.75 Å². The van der Waals surface area contributed by atoms with E-state index >= 15 is 0 Å². The Morgan fingerprint density at radius 3 is 2.42 bits per heavy atom. The fourth-order valence-corrected chi connectivity index (χ4v) is 6.57. The van der Waals surface area contributed by atoms with Crippen molar-refractivity contribution in [2.24, 2.45) is 11.7 Å². The molecule has 2 amide bonds. The summed E-state index contributed by atoms with van der Waals surface area (Å²) in [6.45, 7) is 2.63. The van der Waals surface area contributed by atoms with Crippen LogP contribution in [0.3, 0.4) is 0 Å². The Labute approximate surface area is 234 Å². The number of ether oxygens (including phenoxy) is 1. The summed E-state index contributed by atoms with van der Waals surface area (Å²) in [6.07, 6.45) is 6.11. The van der Waals surface area contributed by atoms with Crippen LogP contribution in [-0.2, 0) is 11.3 Å². The van der Waals surface area contributed by atoms with E-state index in [9.17, 15) is 9.59 Å². The largest absolute Gasteiger partial charge is 0.483 e. The molecule has 4 atom stereocenters. The number of nitrogens with zero attached hydrogens (tertiary/aromatic N) is 2. The maximum atomic E-state index is 13.3. The Bertz CT molecular complexity index is 1130. The molecule has 0 aliphatic carbocycles. The van der Waals surface area contributed by atoms with Crippen molar-refractivity contribution < 1.29 is 14.3 Å². The number of piperidine rings is 2. The number of likely N-dealkylation sites (tertiary alicyclic amines) is 1. The monoisotopic (exact) mass is 558 g/mol. The first-order valence-electron chi connectivity index (χ1n) is 13.6.